The molecule has 0 spiro atoms. The summed E-state index contributed by atoms with van der Waals surface area (Å²) in [5, 5.41) is 14.5. The van der Waals surface area contributed by atoms with Crippen LogP contribution in [0.3, 0.4) is 0 Å². The number of hydrogen-bond acceptors (Lipinski definition) is 5. The van der Waals surface area contributed by atoms with Crippen LogP contribution in [0.4, 0.5) is 11.4 Å². The average Bonchev–Trinajstić information content (AvgIpc) is 2.38. The van der Waals surface area contributed by atoms with E-state index in [0.717, 1.165) is 11.4 Å². The maximum Gasteiger partial charge on any atom is 0.292 e. The van der Waals surface area contributed by atoms with Crippen molar-refractivity contribution in [3.63, 3.8) is 0 Å². The molecule has 1 unspecified atom stereocenters. The van der Waals surface area contributed by atoms with Crippen LogP contribution < -0.4 is 5.32 Å². The number of nitro groups is 1. The topological polar surface area (TPSA) is 81.0 Å². The fourth-order valence-electron chi connectivity index (χ4n) is 1.93. The predicted octanol–water partition coefficient (Wildman–Crippen LogP) is 3.52. The average molecular weight is 293 g/mol. The number of nitro benzene ring substituents is 1. The first-order chi connectivity index (χ1) is 9.49. The quantitative estimate of drug-likeness (QED) is 0.689. The lowest BCUT2D eigenvalue weighted by atomic mass is 10.1. The third-order valence-corrected chi connectivity index (χ3v) is 3.09. The van der Waals surface area contributed by atoms with E-state index in [4.69, 9.17) is 11.6 Å². The summed E-state index contributed by atoms with van der Waals surface area (Å²) in [6.07, 6.45) is 3.19. The molecule has 6 nitrogen and oxygen atoms in total. The van der Waals surface area contributed by atoms with E-state index in [1.54, 1.807) is 12.4 Å². The van der Waals surface area contributed by atoms with E-state index in [2.05, 4.69) is 15.3 Å². The second kappa shape index (κ2) is 5.83. The van der Waals surface area contributed by atoms with Crippen LogP contribution in [0.2, 0.25) is 5.02 Å². The first-order valence-corrected chi connectivity index (χ1v) is 6.35. The Morgan fingerprint density at radius 2 is 2.05 bits per heavy atom. The van der Waals surface area contributed by atoms with Crippen molar-refractivity contribution in [1.29, 1.82) is 0 Å². The van der Waals surface area contributed by atoms with Gasteiger partial charge in [0, 0.05) is 23.5 Å². The Kier molecular flexibility index (Phi) is 4.14. The Bertz CT molecular complexity index is 648. The van der Waals surface area contributed by atoms with Crippen molar-refractivity contribution >= 4 is 23.0 Å². The number of nitrogens with zero attached hydrogens (tertiary/aromatic N) is 3. The van der Waals surface area contributed by atoms with Crippen molar-refractivity contribution in [2.24, 2.45) is 0 Å². The molecule has 0 aliphatic heterocycles. The van der Waals surface area contributed by atoms with Crippen LogP contribution in [0.5, 0.6) is 0 Å². The Balaban J connectivity index is 2.32. The van der Waals surface area contributed by atoms with E-state index >= 15 is 0 Å². The van der Waals surface area contributed by atoms with Crippen LogP contribution in [0, 0.1) is 17.0 Å². The molecular weight excluding hydrogens is 280 g/mol. The van der Waals surface area contributed by atoms with E-state index in [9.17, 15) is 10.1 Å². The van der Waals surface area contributed by atoms with Gasteiger partial charge in [-0.1, -0.05) is 11.6 Å². The third-order valence-electron chi connectivity index (χ3n) is 2.86. The number of halogens is 1. The number of rotatable bonds is 4. The maximum atomic E-state index is 11.0. The van der Waals surface area contributed by atoms with Crippen molar-refractivity contribution in [3.05, 3.63) is 57.1 Å². The first kappa shape index (κ1) is 14.2. The highest BCUT2D eigenvalue weighted by Crippen LogP contribution is 2.30. The number of hydrogen-bond donors (Lipinski definition) is 1. The molecule has 0 radical (unpaired) electrons. The largest absolute Gasteiger partial charge is 0.371 e. The van der Waals surface area contributed by atoms with E-state index < -0.39 is 4.92 Å². The second-order valence-electron chi connectivity index (χ2n) is 4.31. The van der Waals surface area contributed by atoms with Crippen molar-refractivity contribution in [2.45, 2.75) is 19.9 Å². The van der Waals surface area contributed by atoms with Gasteiger partial charge in [0.1, 0.15) is 5.69 Å². The van der Waals surface area contributed by atoms with Crippen LogP contribution in [-0.4, -0.2) is 14.9 Å². The van der Waals surface area contributed by atoms with Gasteiger partial charge >= 0.3 is 0 Å². The van der Waals surface area contributed by atoms with Gasteiger partial charge in [-0.25, -0.2) is 0 Å². The van der Waals surface area contributed by atoms with Crippen molar-refractivity contribution in [1.82, 2.24) is 9.97 Å². The Labute approximate surface area is 121 Å². The lowest BCUT2D eigenvalue weighted by Gasteiger charge is -2.16. The van der Waals surface area contributed by atoms with Crippen molar-refractivity contribution in [3.8, 4) is 0 Å². The molecule has 7 heteroatoms. The normalized spacial score (nSPS) is 11.9. The lowest BCUT2D eigenvalue weighted by Crippen LogP contribution is -2.12. The monoisotopic (exact) mass is 292 g/mol. The van der Waals surface area contributed by atoms with Gasteiger partial charge in [0.2, 0.25) is 0 Å². The van der Waals surface area contributed by atoms with Crippen LogP contribution in [-0.2, 0) is 0 Å². The molecule has 0 bridgehead atoms. The van der Waals surface area contributed by atoms with Gasteiger partial charge in [0.15, 0.2) is 0 Å². The van der Waals surface area contributed by atoms with E-state index in [-0.39, 0.29) is 11.7 Å². The number of aromatic nitrogens is 2. The Hall–Kier alpha value is -2.21. The van der Waals surface area contributed by atoms with Gasteiger partial charge in [0.25, 0.3) is 5.69 Å². The molecule has 1 aromatic carbocycles. The summed E-state index contributed by atoms with van der Waals surface area (Å²) < 4.78 is 0. The molecule has 1 heterocycles. The van der Waals surface area contributed by atoms with Crippen LogP contribution in [0.15, 0.2) is 30.6 Å². The second-order valence-corrected chi connectivity index (χ2v) is 4.75. The number of anilines is 1. The SMILES string of the molecule is Cc1nccnc1C(C)Nc1cc(Cl)ccc1[N+](=O)[O-]. The maximum absolute atomic E-state index is 11.0. The highest BCUT2D eigenvalue weighted by Gasteiger charge is 2.18. The molecule has 0 saturated carbocycles. The molecule has 0 saturated heterocycles. The highest BCUT2D eigenvalue weighted by atomic mass is 35.5. The fourth-order valence-corrected chi connectivity index (χ4v) is 2.10. The summed E-state index contributed by atoms with van der Waals surface area (Å²) >= 11 is 5.89. The molecule has 1 N–H and O–H groups in total. The first-order valence-electron chi connectivity index (χ1n) is 5.97. The molecule has 1 aromatic heterocycles. The molecule has 2 aromatic rings. The van der Waals surface area contributed by atoms with Crippen LogP contribution in [0.25, 0.3) is 0 Å². The zero-order valence-corrected chi connectivity index (χ0v) is 11.8. The summed E-state index contributed by atoms with van der Waals surface area (Å²) in [5.41, 5.74) is 1.85. The van der Waals surface area contributed by atoms with Gasteiger partial charge < -0.3 is 5.32 Å². The molecule has 0 aliphatic rings. The summed E-state index contributed by atoms with van der Waals surface area (Å²) in [5.74, 6) is 0. The number of nitrogens with one attached hydrogen (secondary N) is 1. The minimum Gasteiger partial charge on any atom is -0.371 e. The minimum atomic E-state index is -0.449. The van der Waals surface area contributed by atoms with E-state index in [1.807, 2.05) is 13.8 Å². The fraction of sp³-hybridized carbons (Fsp3) is 0.231. The minimum absolute atomic E-state index is 0.0252. The van der Waals surface area contributed by atoms with Gasteiger partial charge in [0.05, 0.1) is 22.4 Å². The zero-order valence-electron chi connectivity index (χ0n) is 11.0. The Morgan fingerprint density at radius 3 is 2.70 bits per heavy atom. The third kappa shape index (κ3) is 3.03. The lowest BCUT2D eigenvalue weighted by molar-refractivity contribution is -0.384. The standard InChI is InChI=1S/C13H13ClN4O2/c1-8-13(16-6-5-15-8)9(2)17-11-7-10(14)3-4-12(11)18(19)20/h3-7,9,17H,1-2H3. The van der Waals surface area contributed by atoms with E-state index in [1.165, 1.54) is 18.2 Å². The zero-order chi connectivity index (χ0) is 14.7. The molecule has 20 heavy (non-hydrogen) atoms. The summed E-state index contributed by atoms with van der Waals surface area (Å²) in [7, 11) is 0. The molecule has 104 valence electrons. The predicted molar refractivity (Wildman–Crippen MR) is 76.9 cm³/mol. The highest BCUT2D eigenvalue weighted by molar-refractivity contribution is 6.31. The summed E-state index contributed by atoms with van der Waals surface area (Å²) in [4.78, 5) is 19.0. The Morgan fingerprint density at radius 1 is 1.35 bits per heavy atom. The van der Waals surface area contributed by atoms with Crippen LogP contribution in [0.1, 0.15) is 24.4 Å². The van der Waals surface area contributed by atoms with Crippen molar-refractivity contribution in [2.75, 3.05) is 5.32 Å². The summed E-state index contributed by atoms with van der Waals surface area (Å²) in [6, 6.07) is 4.17. The van der Waals surface area contributed by atoms with E-state index in [0.29, 0.717) is 10.7 Å². The molecule has 1 atom stereocenters. The molecule has 0 amide bonds. The van der Waals surface area contributed by atoms with Gasteiger partial charge in [-0.3, -0.25) is 20.1 Å². The summed E-state index contributed by atoms with van der Waals surface area (Å²) in [6.45, 7) is 3.70. The smallest absolute Gasteiger partial charge is 0.292 e. The number of aryl methyl sites for hydroxylation is 1. The van der Waals surface area contributed by atoms with Crippen LogP contribution >= 0.6 is 11.6 Å². The van der Waals surface area contributed by atoms with Gasteiger partial charge in [-0.15, -0.1) is 0 Å². The molecule has 0 aliphatic carbocycles. The molecular formula is C13H13ClN4O2. The van der Waals surface area contributed by atoms with Gasteiger partial charge in [-0.2, -0.15) is 0 Å². The van der Waals surface area contributed by atoms with Crippen molar-refractivity contribution < 1.29 is 4.92 Å². The molecule has 0 fully saturated rings. The number of benzene rings is 1. The van der Waals surface area contributed by atoms with Gasteiger partial charge in [-0.05, 0) is 26.0 Å². The molecule has 2 rings (SSSR count).